The van der Waals surface area contributed by atoms with Gasteiger partial charge < -0.3 is 0 Å². The molecular weight excluding hydrogens is 220 g/mol. The van der Waals surface area contributed by atoms with Crippen LogP contribution in [0.25, 0.3) is 0 Å². The molecule has 2 nitrogen and oxygen atoms in total. The molecule has 0 aromatic heterocycles. The Bertz CT molecular complexity index is 270. The van der Waals surface area contributed by atoms with Gasteiger partial charge in [0.1, 0.15) is 0 Å². The second-order valence-electron chi connectivity index (χ2n) is 6.92. The summed E-state index contributed by atoms with van der Waals surface area (Å²) in [4.78, 5) is 5.62. The number of fused-ring (bicyclic) bond motifs is 1. The fourth-order valence-electron chi connectivity index (χ4n) is 4.60. The summed E-state index contributed by atoms with van der Waals surface area (Å²) < 4.78 is 0. The Morgan fingerprint density at radius 3 is 2.44 bits per heavy atom. The highest BCUT2D eigenvalue weighted by Gasteiger charge is 2.38. The number of piperazine rings is 1. The van der Waals surface area contributed by atoms with Crippen molar-refractivity contribution in [1.82, 2.24) is 9.80 Å². The highest BCUT2D eigenvalue weighted by atomic mass is 15.3. The van der Waals surface area contributed by atoms with Gasteiger partial charge in [0.15, 0.2) is 0 Å². The molecule has 0 aromatic carbocycles. The van der Waals surface area contributed by atoms with Gasteiger partial charge in [-0.3, -0.25) is 9.80 Å². The van der Waals surface area contributed by atoms with Crippen LogP contribution in [0.1, 0.15) is 58.8 Å². The summed E-state index contributed by atoms with van der Waals surface area (Å²) in [6, 6.07) is 2.60. The summed E-state index contributed by atoms with van der Waals surface area (Å²) >= 11 is 0. The summed E-state index contributed by atoms with van der Waals surface area (Å²) in [5, 5.41) is 0. The van der Waals surface area contributed by atoms with E-state index < -0.39 is 0 Å². The lowest BCUT2D eigenvalue weighted by Crippen LogP contribution is -2.58. The van der Waals surface area contributed by atoms with Crippen molar-refractivity contribution in [2.45, 2.75) is 76.9 Å². The Kier molecular flexibility index (Phi) is 3.95. The quantitative estimate of drug-likeness (QED) is 0.743. The van der Waals surface area contributed by atoms with Crippen molar-refractivity contribution in [3.8, 4) is 0 Å². The molecule has 1 aliphatic carbocycles. The fourth-order valence-corrected chi connectivity index (χ4v) is 4.60. The Hall–Kier alpha value is -0.0800. The second-order valence-corrected chi connectivity index (χ2v) is 6.92. The summed E-state index contributed by atoms with van der Waals surface area (Å²) in [5.74, 6) is 1.03. The minimum atomic E-state index is 0.794. The Labute approximate surface area is 113 Å². The van der Waals surface area contributed by atoms with Crippen LogP contribution >= 0.6 is 0 Å². The van der Waals surface area contributed by atoms with Gasteiger partial charge >= 0.3 is 0 Å². The Morgan fingerprint density at radius 1 is 0.944 bits per heavy atom. The van der Waals surface area contributed by atoms with Crippen molar-refractivity contribution in [3.63, 3.8) is 0 Å². The SMILES string of the molecule is CCC1CCC(N2CC3CCCN3CC2C)CC1. The third kappa shape index (κ3) is 2.46. The van der Waals surface area contributed by atoms with Crippen molar-refractivity contribution in [2.24, 2.45) is 5.92 Å². The van der Waals surface area contributed by atoms with Gasteiger partial charge in [-0.05, 0) is 57.9 Å². The zero-order valence-electron chi connectivity index (χ0n) is 12.3. The van der Waals surface area contributed by atoms with Crippen LogP contribution < -0.4 is 0 Å². The van der Waals surface area contributed by atoms with E-state index >= 15 is 0 Å². The van der Waals surface area contributed by atoms with Gasteiger partial charge in [0.25, 0.3) is 0 Å². The fraction of sp³-hybridized carbons (Fsp3) is 1.00. The van der Waals surface area contributed by atoms with Gasteiger partial charge in [0.2, 0.25) is 0 Å². The topological polar surface area (TPSA) is 6.48 Å². The molecule has 2 atom stereocenters. The largest absolute Gasteiger partial charge is 0.298 e. The maximum absolute atomic E-state index is 2.87. The zero-order valence-corrected chi connectivity index (χ0v) is 12.3. The summed E-state index contributed by atoms with van der Waals surface area (Å²) in [6.07, 6.45) is 10.2. The molecule has 3 rings (SSSR count). The predicted molar refractivity (Wildman–Crippen MR) is 76.8 cm³/mol. The predicted octanol–water partition coefficient (Wildman–Crippen LogP) is 3.12. The van der Waals surface area contributed by atoms with E-state index in [4.69, 9.17) is 0 Å². The molecule has 0 N–H and O–H groups in total. The normalized spacial score (nSPS) is 43.0. The lowest BCUT2D eigenvalue weighted by atomic mass is 9.83. The van der Waals surface area contributed by atoms with Gasteiger partial charge in [-0.25, -0.2) is 0 Å². The lowest BCUT2D eigenvalue weighted by Gasteiger charge is -2.47. The molecule has 0 spiro atoms. The Morgan fingerprint density at radius 2 is 1.72 bits per heavy atom. The van der Waals surface area contributed by atoms with Crippen LogP contribution in [0.4, 0.5) is 0 Å². The maximum atomic E-state index is 2.87. The first-order valence-electron chi connectivity index (χ1n) is 8.27. The maximum Gasteiger partial charge on any atom is 0.0224 e. The highest BCUT2D eigenvalue weighted by Crippen LogP contribution is 2.33. The van der Waals surface area contributed by atoms with Crippen molar-refractivity contribution in [3.05, 3.63) is 0 Å². The molecule has 0 radical (unpaired) electrons. The van der Waals surface area contributed by atoms with Crippen molar-refractivity contribution in [1.29, 1.82) is 0 Å². The van der Waals surface area contributed by atoms with Gasteiger partial charge in [0.05, 0.1) is 0 Å². The van der Waals surface area contributed by atoms with Crippen molar-refractivity contribution < 1.29 is 0 Å². The first-order chi connectivity index (χ1) is 8.78. The van der Waals surface area contributed by atoms with Crippen LogP contribution in [-0.4, -0.2) is 47.6 Å². The van der Waals surface area contributed by atoms with Crippen molar-refractivity contribution in [2.75, 3.05) is 19.6 Å². The van der Waals surface area contributed by atoms with E-state index in [1.165, 1.54) is 64.6 Å². The average Bonchev–Trinajstić information content (AvgIpc) is 2.85. The molecule has 2 heteroatoms. The van der Waals surface area contributed by atoms with Crippen LogP contribution in [0.5, 0.6) is 0 Å². The molecule has 1 saturated carbocycles. The van der Waals surface area contributed by atoms with Crippen LogP contribution in [0.15, 0.2) is 0 Å². The molecule has 3 fully saturated rings. The third-order valence-electron chi connectivity index (χ3n) is 5.85. The number of rotatable bonds is 2. The Balaban J connectivity index is 1.58. The minimum absolute atomic E-state index is 0.794. The van der Waals surface area contributed by atoms with Gasteiger partial charge in [0, 0.05) is 31.2 Å². The van der Waals surface area contributed by atoms with Crippen LogP contribution in [0.2, 0.25) is 0 Å². The first-order valence-corrected chi connectivity index (χ1v) is 8.27. The van der Waals surface area contributed by atoms with Gasteiger partial charge in [-0.1, -0.05) is 13.3 Å². The van der Waals surface area contributed by atoms with E-state index in [1.807, 2.05) is 0 Å². The highest BCUT2D eigenvalue weighted by molar-refractivity contribution is 4.94. The van der Waals surface area contributed by atoms with Gasteiger partial charge in [-0.2, -0.15) is 0 Å². The molecule has 2 unspecified atom stereocenters. The van der Waals surface area contributed by atoms with Crippen molar-refractivity contribution >= 4 is 0 Å². The average molecular weight is 250 g/mol. The van der Waals surface area contributed by atoms with E-state index in [0.717, 1.165) is 24.0 Å². The molecule has 0 amide bonds. The molecule has 18 heavy (non-hydrogen) atoms. The van der Waals surface area contributed by atoms with Crippen LogP contribution in [0.3, 0.4) is 0 Å². The third-order valence-corrected chi connectivity index (χ3v) is 5.85. The minimum Gasteiger partial charge on any atom is -0.298 e. The molecule has 0 aromatic rings. The standard InChI is InChI=1S/C16H30N2/c1-3-14-6-8-15(9-7-14)18-12-16-5-4-10-17(16)11-13(18)2/h13-16H,3-12H2,1-2H3. The van der Waals surface area contributed by atoms with E-state index in [2.05, 4.69) is 23.6 Å². The van der Waals surface area contributed by atoms with E-state index in [9.17, 15) is 0 Å². The van der Waals surface area contributed by atoms with E-state index in [-0.39, 0.29) is 0 Å². The lowest BCUT2D eigenvalue weighted by molar-refractivity contribution is 0.0109. The van der Waals surface area contributed by atoms with Crippen LogP contribution in [0, 0.1) is 5.92 Å². The van der Waals surface area contributed by atoms with Crippen LogP contribution in [-0.2, 0) is 0 Å². The summed E-state index contributed by atoms with van der Waals surface area (Å²) in [7, 11) is 0. The first kappa shape index (κ1) is 12.9. The molecule has 2 heterocycles. The zero-order chi connectivity index (χ0) is 12.5. The molecule has 2 aliphatic heterocycles. The molecule has 0 bridgehead atoms. The summed E-state index contributed by atoms with van der Waals surface area (Å²) in [5.41, 5.74) is 0. The molecule has 2 saturated heterocycles. The number of hydrogen-bond donors (Lipinski definition) is 0. The van der Waals surface area contributed by atoms with E-state index in [1.54, 1.807) is 0 Å². The molecule has 104 valence electrons. The molecular formula is C16H30N2. The molecule has 3 aliphatic rings. The monoisotopic (exact) mass is 250 g/mol. The second kappa shape index (κ2) is 5.50. The van der Waals surface area contributed by atoms with E-state index in [0.29, 0.717) is 0 Å². The summed E-state index contributed by atoms with van der Waals surface area (Å²) in [6.45, 7) is 8.89. The smallest absolute Gasteiger partial charge is 0.0224 e. The number of hydrogen-bond acceptors (Lipinski definition) is 2. The van der Waals surface area contributed by atoms with Gasteiger partial charge in [-0.15, -0.1) is 0 Å². The number of nitrogens with zero attached hydrogens (tertiary/aromatic N) is 2.